The third kappa shape index (κ3) is 4.06. The fraction of sp³-hybridized carbons (Fsp3) is 0.300. The summed E-state index contributed by atoms with van der Waals surface area (Å²) in [5.41, 5.74) is 3.00. The van der Waals surface area contributed by atoms with Crippen LogP contribution in [-0.2, 0) is 17.9 Å². The average molecular weight is 336 g/mol. The molecule has 1 aromatic heterocycles. The molecule has 0 radical (unpaired) electrons. The molecule has 2 aromatic carbocycles. The number of imidazole rings is 1. The van der Waals surface area contributed by atoms with Gasteiger partial charge < -0.3 is 14.8 Å². The summed E-state index contributed by atoms with van der Waals surface area (Å²) in [7, 11) is 4.00. The highest BCUT2D eigenvalue weighted by atomic mass is 16.2. The fourth-order valence-corrected chi connectivity index (χ4v) is 2.96. The monoisotopic (exact) mass is 336 g/mol. The lowest BCUT2D eigenvalue weighted by Crippen LogP contribution is -2.31. The van der Waals surface area contributed by atoms with Crippen molar-refractivity contribution in [2.24, 2.45) is 0 Å². The first-order valence-corrected chi connectivity index (χ1v) is 8.48. The third-order valence-electron chi connectivity index (χ3n) is 4.17. The lowest BCUT2D eigenvalue weighted by Gasteiger charge is -2.16. The zero-order chi connectivity index (χ0) is 17.8. The van der Waals surface area contributed by atoms with E-state index in [-0.39, 0.29) is 18.5 Å². The first-order valence-electron chi connectivity index (χ1n) is 8.48. The molecule has 1 amide bonds. The molecule has 5 nitrogen and oxygen atoms in total. The second-order valence-electron chi connectivity index (χ2n) is 6.54. The van der Waals surface area contributed by atoms with E-state index in [0.717, 1.165) is 22.4 Å². The number of para-hydroxylation sites is 2. The molecule has 0 aliphatic rings. The van der Waals surface area contributed by atoms with Gasteiger partial charge in [-0.3, -0.25) is 4.79 Å². The van der Waals surface area contributed by atoms with Crippen LogP contribution in [0.3, 0.4) is 0 Å². The highest BCUT2D eigenvalue weighted by Crippen LogP contribution is 2.17. The van der Waals surface area contributed by atoms with E-state index in [2.05, 4.69) is 15.2 Å². The van der Waals surface area contributed by atoms with Gasteiger partial charge in [0.05, 0.1) is 23.6 Å². The predicted octanol–water partition coefficient (Wildman–Crippen LogP) is 2.98. The summed E-state index contributed by atoms with van der Waals surface area (Å²) in [5.74, 6) is 0.883. The van der Waals surface area contributed by atoms with E-state index in [1.807, 2.05) is 80.2 Å². The largest absolute Gasteiger partial charge is 0.348 e. The molecular formula is C20H24N4O. The lowest BCUT2D eigenvalue weighted by atomic mass is 10.1. The van der Waals surface area contributed by atoms with Gasteiger partial charge in [-0.2, -0.15) is 0 Å². The Labute approximate surface area is 148 Å². The first-order chi connectivity index (χ1) is 12.0. The molecular weight excluding hydrogens is 312 g/mol. The first kappa shape index (κ1) is 17.2. The molecule has 0 spiro atoms. The van der Waals surface area contributed by atoms with E-state index < -0.39 is 0 Å². The molecule has 130 valence electrons. The van der Waals surface area contributed by atoms with Gasteiger partial charge in [-0.1, -0.05) is 42.5 Å². The topological polar surface area (TPSA) is 50.2 Å². The zero-order valence-electron chi connectivity index (χ0n) is 14.9. The molecule has 0 aliphatic heterocycles. The summed E-state index contributed by atoms with van der Waals surface area (Å²) in [5, 5.41) is 3.08. The van der Waals surface area contributed by atoms with Crippen LogP contribution < -0.4 is 5.32 Å². The van der Waals surface area contributed by atoms with Crippen LogP contribution in [0.4, 0.5) is 0 Å². The van der Waals surface area contributed by atoms with Crippen molar-refractivity contribution >= 4 is 16.9 Å². The Hall–Kier alpha value is -2.66. The van der Waals surface area contributed by atoms with Gasteiger partial charge in [0, 0.05) is 0 Å². The number of nitrogens with one attached hydrogen (secondary N) is 1. The normalized spacial score (nSPS) is 12.5. The minimum atomic E-state index is -0.0271. The number of carbonyl (C=O) groups is 1. The fourth-order valence-electron chi connectivity index (χ4n) is 2.96. The SMILES string of the molecule is CC(NC(=O)Cn1c(CN(C)C)nc2ccccc21)c1ccccc1. The van der Waals surface area contributed by atoms with Gasteiger partial charge in [0.2, 0.25) is 5.91 Å². The summed E-state index contributed by atoms with van der Waals surface area (Å²) in [6.07, 6.45) is 0. The Kier molecular flexibility index (Phi) is 5.14. The van der Waals surface area contributed by atoms with Gasteiger partial charge in [0.1, 0.15) is 12.4 Å². The number of aromatic nitrogens is 2. The molecule has 5 heteroatoms. The molecule has 0 fully saturated rings. The Bertz CT molecular complexity index is 855. The van der Waals surface area contributed by atoms with Crippen molar-refractivity contribution in [3.63, 3.8) is 0 Å². The van der Waals surface area contributed by atoms with Crippen LogP contribution in [0.1, 0.15) is 24.4 Å². The summed E-state index contributed by atoms with van der Waals surface area (Å²) in [6, 6.07) is 17.9. The van der Waals surface area contributed by atoms with Crippen LogP contribution >= 0.6 is 0 Å². The summed E-state index contributed by atoms with van der Waals surface area (Å²) < 4.78 is 2.00. The highest BCUT2D eigenvalue weighted by Gasteiger charge is 2.15. The molecule has 3 aromatic rings. The molecule has 1 unspecified atom stereocenters. The number of nitrogens with zero attached hydrogens (tertiary/aromatic N) is 3. The number of hydrogen-bond acceptors (Lipinski definition) is 3. The predicted molar refractivity (Wildman–Crippen MR) is 100 cm³/mol. The van der Waals surface area contributed by atoms with Gasteiger partial charge in [-0.25, -0.2) is 4.98 Å². The molecule has 0 bridgehead atoms. The van der Waals surface area contributed by atoms with E-state index in [1.165, 1.54) is 0 Å². The molecule has 0 saturated carbocycles. The maximum absolute atomic E-state index is 12.6. The quantitative estimate of drug-likeness (QED) is 0.753. The zero-order valence-corrected chi connectivity index (χ0v) is 14.9. The highest BCUT2D eigenvalue weighted by molar-refractivity contribution is 5.81. The number of fused-ring (bicyclic) bond motifs is 1. The van der Waals surface area contributed by atoms with Crippen molar-refractivity contribution in [2.45, 2.75) is 26.1 Å². The van der Waals surface area contributed by atoms with E-state index in [9.17, 15) is 4.79 Å². The Morgan fingerprint density at radius 3 is 2.52 bits per heavy atom. The second-order valence-corrected chi connectivity index (χ2v) is 6.54. The third-order valence-corrected chi connectivity index (χ3v) is 4.17. The Balaban J connectivity index is 1.80. The molecule has 1 N–H and O–H groups in total. The van der Waals surface area contributed by atoms with Gasteiger partial charge in [-0.05, 0) is 38.7 Å². The van der Waals surface area contributed by atoms with Crippen molar-refractivity contribution in [1.29, 1.82) is 0 Å². The maximum atomic E-state index is 12.6. The van der Waals surface area contributed by atoms with Gasteiger partial charge in [0.15, 0.2) is 0 Å². The van der Waals surface area contributed by atoms with Crippen LogP contribution in [0.25, 0.3) is 11.0 Å². The molecule has 25 heavy (non-hydrogen) atoms. The minimum Gasteiger partial charge on any atom is -0.348 e. The van der Waals surface area contributed by atoms with Crippen LogP contribution in [-0.4, -0.2) is 34.5 Å². The maximum Gasteiger partial charge on any atom is 0.240 e. The van der Waals surface area contributed by atoms with Crippen molar-refractivity contribution in [2.75, 3.05) is 14.1 Å². The minimum absolute atomic E-state index is 0.0143. The van der Waals surface area contributed by atoms with Crippen molar-refractivity contribution < 1.29 is 4.79 Å². The van der Waals surface area contributed by atoms with E-state index in [4.69, 9.17) is 0 Å². The number of rotatable bonds is 6. The summed E-state index contributed by atoms with van der Waals surface area (Å²) in [4.78, 5) is 19.3. The number of benzene rings is 2. The van der Waals surface area contributed by atoms with Crippen LogP contribution in [0.2, 0.25) is 0 Å². The summed E-state index contributed by atoms with van der Waals surface area (Å²) in [6.45, 7) is 2.96. The van der Waals surface area contributed by atoms with Gasteiger partial charge in [-0.15, -0.1) is 0 Å². The van der Waals surface area contributed by atoms with E-state index >= 15 is 0 Å². The number of hydrogen-bond donors (Lipinski definition) is 1. The van der Waals surface area contributed by atoms with Crippen molar-refractivity contribution in [1.82, 2.24) is 19.8 Å². The number of carbonyl (C=O) groups excluding carboxylic acids is 1. The average Bonchev–Trinajstić information content (AvgIpc) is 2.92. The van der Waals surface area contributed by atoms with E-state index in [0.29, 0.717) is 6.54 Å². The summed E-state index contributed by atoms with van der Waals surface area (Å²) >= 11 is 0. The van der Waals surface area contributed by atoms with Crippen molar-refractivity contribution in [3.8, 4) is 0 Å². The van der Waals surface area contributed by atoms with Crippen LogP contribution in [0, 0.1) is 0 Å². The lowest BCUT2D eigenvalue weighted by molar-refractivity contribution is -0.122. The van der Waals surface area contributed by atoms with Crippen molar-refractivity contribution in [3.05, 3.63) is 66.0 Å². The smallest absolute Gasteiger partial charge is 0.240 e. The van der Waals surface area contributed by atoms with Gasteiger partial charge >= 0.3 is 0 Å². The Morgan fingerprint density at radius 1 is 1.12 bits per heavy atom. The number of amides is 1. The molecule has 1 atom stereocenters. The standard InChI is InChI=1S/C20H24N4O/c1-15(16-9-5-4-6-10-16)21-20(25)14-24-18-12-8-7-11-17(18)22-19(24)13-23(2)3/h4-12,15H,13-14H2,1-3H3,(H,21,25). The molecule has 0 saturated heterocycles. The molecule has 0 aliphatic carbocycles. The van der Waals surface area contributed by atoms with Crippen LogP contribution in [0.15, 0.2) is 54.6 Å². The van der Waals surface area contributed by atoms with Gasteiger partial charge in [0.25, 0.3) is 0 Å². The molecule has 3 rings (SSSR count). The molecule has 1 heterocycles. The Morgan fingerprint density at radius 2 is 1.80 bits per heavy atom. The second kappa shape index (κ2) is 7.49. The van der Waals surface area contributed by atoms with E-state index in [1.54, 1.807) is 0 Å². The van der Waals surface area contributed by atoms with Crippen LogP contribution in [0.5, 0.6) is 0 Å².